The molecule has 30 valence electrons. The molecule has 0 N–H and O–H groups in total. The van der Waals surface area contributed by atoms with E-state index in [-0.39, 0.29) is 0 Å². The molecule has 0 rings (SSSR count). The van der Waals surface area contributed by atoms with Crippen molar-refractivity contribution in [2.45, 2.75) is 0 Å². The number of hydrogen-bond acceptors (Lipinski definition) is 1. The quantitative estimate of drug-likeness (QED) is 0.484. The summed E-state index contributed by atoms with van der Waals surface area (Å²) in [4.78, 5) is 0. The zero-order valence-corrected chi connectivity index (χ0v) is 5.79. The topological polar surface area (TPSA) is 0 Å². The summed E-state index contributed by atoms with van der Waals surface area (Å²) in [6.07, 6.45) is 0. The number of thiol groups is 1. The van der Waals surface area contributed by atoms with Gasteiger partial charge in [0.25, 0.3) is 0 Å². The van der Waals surface area contributed by atoms with Gasteiger partial charge in [-0.1, -0.05) is 6.58 Å². The van der Waals surface area contributed by atoms with E-state index in [0.717, 1.165) is 9.33 Å². The van der Waals surface area contributed by atoms with Crippen molar-refractivity contribution < 1.29 is 0 Å². The fourth-order valence-electron chi connectivity index (χ4n) is 0. The molecule has 0 aliphatic rings. The molecule has 5 heavy (non-hydrogen) atoms. The van der Waals surface area contributed by atoms with E-state index < -0.39 is 0 Å². The Kier molecular flexibility index (Phi) is 3.52. The van der Waals surface area contributed by atoms with Gasteiger partial charge in [-0.2, -0.15) is 12.6 Å². The Labute approximate surface area is 51.2 Å². The van der Waals surface area contributed by atoms with E-state index in [1.165, 1.54) is 0 Å². The average molecular weight is 200 g/mol. The van der Waals surface area contributed by atoms with Crippen molar-refractivity contribution in [2.24, 2.45) is 0 Å². The van der Waals surface area contributed by atoms with Crippen molar-refractivity contribution in [3.63, 3.8) is 0 Å². The molecule has 0 saturated carbocycles. The molecular formula is C3H5IS. The molecule has 0 heterocycles. The molecule has 0 atom stereocenters. The first kappa shape index (κ1) is 5.82. The monoisotopic (exact) mass is 200 g/mol. The van der Waals surface area contributed by atoms with E-state index in [4.69, 9.17) is 0 Å². The Morgan fingerprint density at radius 3 is 2.20 bits per heavy atom. The van der Waals surface area contributed by atoms with E-state index in [1.807, 2.05) is 0 Å². The van der Waals surface area contributed by atoms with E-state index >= 15 is 0 Å². The van der Waals surface area contributed by atoms with Crippen LogP contribution >= 0.6 is 35.2 Å². The van der Waals surface area contributed by atoms with Crippen molar-refractivity contribution in [1.29, 1.82) is 0 Å². The third kappa shape index (κ3) is 4.82. The first-order valence-corrected chi connectivity index (χ1v) is 2.92. The van der Waals surface area contributed by atoms with Crippen LogP contribution < -0.4 is 0 Å². The van der Waals surface area contributed by atoms with Gasteiger partial charge in [0.2, 0.25) is 0 Å². The molecule has 0 amide bonds. The van der Waals surface area contributed by atoms with Gasteiger partial charge in [-0.25, -0.2) is 0 Å². The number of hydrogen-bond donors (Lipinski definition) is 1. The Morgan fingerprint density at radius 2 is 2.20 bits per heavy atom. The molecule has 2 heteroatoms. The second-order valence-electron chi connectivity index (χ2n) is 0.675. The minimum absolute atomic E-state index is 0.792. The maximum absolute atomic E-state index is 3.91. The fourth-order valence-corrected chi connectivity index (χ4v) is 0. The van der Waals surface area contributed by atoms with Crippen LogP contribution in [0.25, 0.3) is 0 Å². The summed E-state index contributed by atoms with van der Waals surface area (Å²) in [7, 11) is 0. The van der Waals surface area contributed by atoms with Gasteiger partial charge in [-0.3, -0.25) is 0 Å². The minimum atomic E-state index is 0.792. The van der Waals surface area contributed by atoms with Gasteiger partial charge in [0.05, 0.1) is 0 Å². The van der Waals surface area contributed by atoms with Crippen LogP contribution in [0.15, 0.2) is 10.2 Å². The highest BCUT2D eigenvalue weighted by molar-refractivity contribution is 14.1. The normalized spacial score (nSPS) is 7.60. The van der Waals surface area contributed by atoms with E-state index in [2.05, 4.69) is 41.8 Å². The molecule has 0 aromatic rings. The van der Waals surface area contributed by atoms with Crippen LogP contribution in [-0.2, 0) is 0 Å². The Bertz CT molecular complexity index is 42.2. The summed E-state index contributed by atoms with van der Waals surface area (Å²) in [5, 5.41) is 0. The highest BCUT2D eigenvalue weighted by atomic mass is 127. The van der Waals surface area contributed by atoms with E-state index in [1.54, 1.807) is 0 Å². The van der Waals surface area contributed by atoms with Crippen LogP contribution in [0.1, 0.15) is 0 Å². The number of rotatable bonds is 1. The second-order valence-corrected chi connectivity index (χ2v) is 2.52. The van der Waals surface area contributed by atoms with Gasteiger partial charge >= 0.3 is 0 Å². The minimum Gasteiger partial charge on any atom is -0.174 e. The lowest BCUT2D eigenvalue weighted by Crippen LogP contribution is -1.59. The van der Waals surface area contributed by atoms with Crippen LogP contribution in [0.4, 0.5) is 0 Å². The fraction of sp³-hybridized carbons (Fsp3) is 0.333. The first-order chi connectivity index (χ1) is 2.27. The Morgan fingerprint density at radius 1 is 2.00 bits per heavy atom. The molecular weight excluding hydrogens is 195 g/mol. The largest absolute Gasteiger partial charge is 0.174 e. The Hall–Kier alpha value is 0.820. The smallest absolute Gasteiger partial charge is 0.0206 e. The zero-order valence-electron chi connectivity index (χ0n) is 2.74. The van der Waals surface area contributed by atoms with Crippen molar-refractivity contribution in [3.8, 4) is 0 Å². The van der Waals surface area contributed by atoms with Crippen molar-refractivity contribution in [2.75, 3.05) is 5.75 Å². The molecule has 0 spiro atoms. The van der Waals surface area contributed by atoms with Gasteiger partial charge in [0.15, 0.2) is 0 Å². The van der Waals surface area contributed by atoms with E-state index in [0.29, 0.717) is 0 Å². The van der Waals surface area contributed by atoms with Crippen LogP contribution in [0.2, 0.25) is 0 Å². The molecule has 0 aliphatic carbocycles. The third-order valence-corrected chi connectivity index (χ3v) is 1.54. The predicted molar refractivity (Wildman–Crippen MR) is 37.0 cm³/mol. The molecule has 0 bridgehead atoms. The van der Waals surface area contributed by atoms with Crippen molar-refractivity contribution >= 4 is 35.2 Å². The molecule has 0 unspecified atom stereocenters. The van der Waals surface area contributed by atoms with Crippen LogP contribution in [0.3, 0.4) is 0 Å². The number of halogens is 1. The summed E-state index contributed by atoms with van der Waals surface area (Å²) < 4.78 is 1.09. The van der Waals surface area contributed by atoms with Crippen LogP contribution in [0, 0.1) is 0 Å². The van der Waals surface area contributed by atoms with Gasteiger partial charge in [0.1, 0.15) is 0 Å². The summed E-state index contributed by atoms with van der Waals surface area (Å²) >= 11 is 6.04. The zero-order chi connectivity index (χ0) is 4.28. The lowest BCUT2D eigenvalue weighted by Gasteiger charge is -1.76. The van der Waals surface area contributed by atoms with Crippen LogP contribution in [-0.4, -0.2) is 5.75 Å². The van der Waals surface area contributed by atoms with Gasteiger partial charge in [-0.05, 0) is 26.2 Å². The molecule has 0 fully saturated rings. The molecule has 0 saturated heterocycles. The lowest BCUT2D eigenvalue weighted by atomic mass is 10.8. The first-order valence-electron chi connectivity index (χ1n) is 1.21. The average Bonchev–Trinajstić information content (AvgIpc) is 1.38. The van der Waals surface area contributed by atoms with Gasteiger partial charge in [0, 0.05) is 5.75 Å². The van der Waals surface area contributed by atoms with Gasteiger partial charge < -0.3 is 0 Å². The molecule has 0 aliphatic heterocycles. The summed E-state index contributed by atoms with van der Waals surface area (Å²) in [5.74, 6) is 0.792. The lowest BCUT2D eigenvalue weighted by molar-refractivity contribution is 1.82. The molecule has 0 aromatic carbocycles. The van der Waals surface area contributed by atoms with E-state index in [9.17, 15) is 0 Å². The van der Waals surface area contributed by atoms with Crippen molar-refractivity contribution in [1.82, 2.24) is 0 Å². The Balaban J connectivity index is 2.85. The molecule has 0 radical (unpaired) electrons. The standard InChI is InChI=1S/C3H5IS/c1-3(4)2-5/h5H,1-2H2. The molecule has 0 nitrogen and oxygen atoms in total. The summed E-state index contributed by atoms with van der Waals surface area (Å²) in [5.41, 5.74) is 0. The highest BCUT2D eigenvalue weighted by Gasteiger charge is 1.71. The maximum atomic E-state index is 3.91. The van der Waals surface area contributed by atoms with Crippen LogP contribution in [0.5, 0.6) is 0 Å². The van der Waals surface area contributed by atoms with Gasteiger partial charge in [-0.15, -0.1) is 0 Å². The second kappa shape index (κ2) is 3.03. The van der Waals surface area contributed by atoms with Crippen molar-refractivity contribution in [3.05, 3.63) is 10.2 Å². The summed E-state index contributed by atoms with van der Waals surface area (Å²) in [6, 6.07) is 0. The SMILES string of the molecule is C=C(I)CS. The third-order valence-electron chi connectivity index (χ3n) is 0.172. The maximum Gasteiger partial charge on any atom is 0.0206 e. The highest BCUT2D eigenvalue weighted by Crippen LogP contribution is 2.00. The molecule has 0 aromatic heterocycles. The predicted octanol–water partition coefficient (Wildman–Crippen LogP) is 1.86. The summed E-state index contributed by atoms with van der Waals surface area (Å²) in [6.45, 7) is 3.58.